The third-order valence-corrected chi connectivity index (χ3v) is 4.80. The van der Waals surface area contributed by atoms with Crippen molar-refractivity contribution in [2.45, 2.75) is 65.1 Å². The van der Waals surface area contributed by atoms with Gasteiger partial charge in [0.05, 0.1) is 0 Å². The second-order valence-electron chi connectivity index (χ2n) is 7.01. The zero-order valence-corrected chi connectivity index (χ0v) is 16.2. The van der Waals surface area contributed by atoms with Crippen molar-refractivity contribution < 1.29 is 14.3 Å². The molecule has 1 aliphatic rings. The van der Waals surface area contributed by atoms with Gasteiger partial charge in [-0.25, -0.2) is 0 Å². The summed E-state index contributed by atoms with van der Waals surface area (Å²) in [5.41, 5.74) is 0.855. The molecule has 1 fully saturated rings. The first-order valence-corrected chi connectivity index (χ1v) is 9.50. The molecule has 0 aromatic heterocycles. The van der Waals surface area contributed by atoms with Crippen LogP contribution in [0.1, 0.15) is 47.0 Å². The molecule has 6 nitrogen and oxygen atoms in total. The number of likely N-dealkylation sites (tertiary alicyclic amines) is 1. The van der Waals surface area contributed by atoms with Gasteiger partial charge in [0.1, 0.15) is 11.8 Å². The highest BCUT2D eigenvalue weighted by Crippen LogP contribution is 2.24. The SMILES string of the molecule is CCNC(=O)COc1ccc(N[C@H](C)C(=O)N2[C@H](C)CCC[C@@H]2C)cc1. The molecule has 2 N–H and O–H groups in total. The minimum atomic E-state index is -0.292. The van der Waals surface area contributed by atoms with Crippen molar-refractivity contribution in [3.8, 4) is 5.75 Å². The standard InChI is InChI=1S/C20H31N3O3/c1-5-21-19(24)13-26-18-11-9-17(10-12-18)22-16(4)20(25)23-14(2)7-6-8-15(23)3/h9-12,14-16,22H,5-8,13H2,1-4H3,(H,21,24)/t14-,15+,16-/m1/s1. The van der Waals surface area contributed by atoms with Gasteiger partial charge in [0.25, 0.3) is 5.91 Å². The Hall–Kier alpha value is -2.24. The highest BCUT2D eigenvalue weighted by molar-refractivity contribution is 5.85. The molecule has 144 valence electrons. The van der Waals surface area contributed by atoms with Gasteiger partial charge in [0, 0.05) is 24.3 Å². The van der Waals surface area contributed by atoms with E-state index in [0.29, 0.717) is 24.4 Å². The van der Waals surface area contributed by atoms with Gasteiger partial charge >= 0.3 is 0 Å². The first kappa shape index (κ1) is 20.1. The van der Waals surface area contributed by atoms with E-state index >= 15 is 0 Å². The predicted octanol–water partition coefficient (Wildman–Crippen LogP) is 2.79. The predicted molar refractivity (Wildman–Crippen MR) is 103 cm³/mol. The molecule has 0 aliphatic carbocycles. The maximum absolute atomic E-state index is 12.8. The summed E-state index contributed by atoms with van der Waals surface area (Å²) in [4.78, 5) is 26.3. The summed E-state index contributed by atoms with van der Waals surface area (Å²) in [6.45, 7) is 8.61. The second-order valence-corrected chi connectivity index (χ2v) is 7.01. The lowest BCUT2D eigenvalue weighted by Gasteiger charge is -2.40. The first-order valence-electron chi connectivity index (χ1n) is 9.50. The fraction of sp³-hybridized carbons (Fsp3) is 0.600. The lowest BCUT2D eigenvalue weighted by atomic mass is 9.96. The van der Waals surface area contributed by atoms with Crippen LogP contribution in [-0.4, -0.2) is 48.0 Å². The summed E-state index contributed by atoms with van der Waals surface area (Å²) >= 11 is 0. The zero-order valence-electron chi connectivity index (χ0n) is 16.2. The molecule has 0 spiro atoms. The number of likely N-dealkylation sites (N-methyl/N-ethyl adjacent to an activating group) is 1. The van der Waals surface area contributed by atoms with Crippen molar-refractivity contribution >= 4 is 17.5 Å². The van der Waals surface area contributed by atoms with Gasteiger partial charge in [-0.2, -0.15) is 0 Å². The number of ether oxygens (including phenoxy) is 1. The Kier molecular flexibility index (Phi) is 7.30. The third-order valence-electron chi connectivity index (χ3n) is 4.80. The first-order chi connectivity index (χ1) is 12.4. The van der Waals surface area contributed by atoms with E-state index in [9.17, 15) is 9.59 Å². The molecule has 26 heavy (non-hydrogen) atoms. The van der Waals surface area contributed by atoms with E-state index in [4.69, 9.17) is 4.74 Å². The molecule has 2 rings (SSSR count). The van der Waals surface area contributed by atoms with E-state index < -0.39 is 0 Å². The average Bonchev–Trinajstić information content (AvgIpc) is 2.61. The Morgan fingerprint density at radius 1 is 1.19 bits per heavy atom. The lowest BCUT2D eigenvalue weighted by Crippen LogP contribution is -2.52. The van der Waals surface area contributed by atoms with E-state index in [-0.39, 0.29) is 24.5 Å². The number of benzene rings is 1. The Morgan fingerprint density at radius 3 is 2.38 bits per heavy atom. The van der Waals surface area contributed by atoms with Crippen LogP contribution >= 0.6 is 0 Å². The molecule has 3 atom stereocenters. The molecular formula is C20H31N3O3. The zero-order chi connectivity index (χ0) is 19.1. The van der Waals surface area contributed by atoms with E-state index in [1.807, 2.05) is 30.9 Å². The van der Waals surface area contributed by atoms with E-state index in [0.717, 1.165) is 18.5 Å². The van der Waals surface area contributed by atoms with Crippen molar-refractivity contribution in [2.24, 2.45) is 0 Å². The highest BCUT2D eigenvalue weighted by Gasteiger charge is 2.31. The number of nitrogens with one attached hydrogen (secondary N) is 2. The van der Waals surface area contributed by atoms with Gasteiger partial charge < -0.3 is 20.3 Å². The fourth-order valence-electron chi connectivity index (χ4n) is 3.44. The summed E-state index contributed by atoms with van der Waals surface area (Å²) in [5, 5.41) is 5.95. The average molecular weight is 361 g/mol. The van der Waals surface area contributed by atoms with Crippen LogP contribution in [0.4, 0.5) is 5.69 Å². The summed E-state index contributed by atoms with van der Waals surface area (Å²) < 4.78 is 5.44. The summed E-state index contributed by atoms with van der Waals surface area (Å²) in [6.07, 6.45) is 3.33. The van der Waals surface area contributed by atoms with Gasteiger partial charge in [-0.1, -0.05) is 0 Å². The molecule has 0 radical (unpaired) electrons. The largest absolute Gasteiger partial charge is 0.484 e. The molecule has 1 aromatic rings. The van der Waals surface area contributed by atoms with Crippen LogP contribution in [0, 0.1) is 0 Å². The molecule has 6 heteroatoms. The minimum Gasteiger partial charge on any atom is -0.484 e. The van der Waals surface area contributed by atoms with Crippen molar-refractivity contribution in [1.29, 1.82) is 0 Å². The van der Waals surface area contributed by atoms with Crippen LogP contribution in [0.5, 0.6) is 5.75 Å². The van der Waals surface area contributed by atoms with Crippen LogP contribution in [0.15, 0.2) is 24.3 Å². The Morgan fingerprint density at radius 2 is 1.81 bits per heavy atom. The molecule has 0 saturated carbocycles. The molecule has 0 unspecified atom stereocenters. The van der Waals surface area contributed by atoms with Crippen molar-refractivity contribution in [3.63, 3.8) is 0 Å². The number of nitrogens with zero attached hydrogens (tertiary/aromatic N) is 1. The van der Waals surface area contributed by atoms with Crippen LogP contribution in [0.2, 0.25) is 0 Å². The fourth-order valence-corrected chi connectivity index (χ4v) is 3.44. The summed E-state index contributed by atoms with van der Waals surface area (Å²) in [7, 11) is 0. The highest BCUT2D eigenvalue weighted by atomic mass is 16.5. The monoisotopic (exact) mass is 361 g/mol. The van der Waals surface area contributed by atoms with Crippen molar-refractivity contribution in [2.75, 3.05) is 18.5 Å². The summed E-state index contributed by atoms with van der Waals surface area (Å²) in [5.74, 6) is 0.624. The number of hydrogen-bond acceptors (Lipinski definition) is 4. The van der Waals surface area contributed by atoms with Crippen LogP contribution in [0.3, 0.4) is 0 Å². The number of piperidine rings is 1. The van der Waals surface area contributed by atoms with Crippen LogP contribution in [-0.2, 0) is 9.59 Å². The number of amides is 2. The van der Waals surface area contributed by atoms with Crippen molar-refractivity contribution in [3.05, 3.63) is 24.3 Å². The van der Waals surface area contributed by atoms with Gasteiger partial charge in [0.15, 0.2) is 6.61 Å². The number of hydrogen-bond donors (Lipinski definition) is 2. The Bertz CT molecular complexity index is 593. The maximum atomic E-state index is 12.8. The molecule has 1 heterocycles. The van der Waals surface area contributed by atoms with E-state index in [2.05, 4.69) is 24.5 Å². The van der Waals surface area contributed by atoms with Crippen LogP contribution in [0.25, 0.3) is 0 Å². The number of anilines is 1. The van der Waals surface area contributed by atoms with Gasteiger partial charge in [0.2, 0.25) is 5.91 Å². The van der Waals surface area contributed by atoms with Gasteiger partial charge in [-0.05, 0) is 71.2 Å². The van der Waals surface area contributed by atoms with Crippen molar-refractivity contribution in [1.82, 2.24) is 10.2 Å². The summed E-state index contributed by atoms with van der Waals surface area (Å²) in [6, 6.07) is 7.61. The smallest absolute Gasteiger partial charge is 0.257 e. The minimum absolute atomic E-state index is 0.000239. The van der Waals surface area contributed by atoms with Gasteiger partial charge in [-0.15, -0.1) is 0 Å². The Labute approximate surface area is 156 Å². The number of carbonyl (C=O) groups is 2. The Balaban J connectivity index is 1.89. The number of rotatable bonds is 7. The quantitative estimate of drug-likeness (QED) is 0.783. The van der Waals surface area contributed by atoms with Gasteiger partial charge in [-0.3, -0.25) is 9.59 Å². The normalized spacial score (nSPS) is 21.0. The molecule has 1 aromatic carbocycles. The molecule has 1 aliphatic heterocycles. The molecule has 2 amide bonds. The number of carbonyl (C=O) groups excluding carboxylic acids is 2. The topological polar surface area (TPSA) is 70.7 Å². The third kappa shape index (κ3) is 5.38. The van der Waals surface area contributed by atoms with E-state index in [1.165, 1.54) is 6.42 Å². The lowest BCUT2D eigenvalue weighted by molar-refractivity contribution is -0.137. The van der Waals surface area contributed by atoms with E-state index in [1.54, 1.807) is 12.1 Å². The van der Waals surface area contributed by atoms with Crippen LogP contribution < -0.4 is 15.4 Å². The molecule has 0 bridgehead atoms. The molecular weight excluding hydrogens is 330 g/mol. The maximum Gasteiger partial charge on any atom is 0.257 e. The molecule has 1 saturated heterocycles. The second kappa shape index (κ2) is 9.46.